The molecule has 0 fully saturated rings. The minimum absolute atomic E-state index is 0.0863. The van der Waals surface area contributed by atoms with Gasteiger partial charge in [-0.2, -0.15) is 0 Å². The molecule has 0 bridgehead atoms. The van der Waals surface area contributed by atoms with Crippen LogP contribution in [0.15, 0.2) is 97.2 Å². The number of hydrogen-bond acceptors (Lipinski definition) is 6. The van der Waals surface area contributed by atoms with Gasteiger partial charge in [0.25, 0.3) is 0 Å². The van der Waals surface area contributed by atoms with E-state index >= 15 is 0 Å². The molecule has 0 aromatic heterocycles. The molecule has 0 amide bonds. The molecule has 0 saturated carbocycles. The standard InChI is InChI=1S/C75H130O6/c1-4-7-10-13-16-19-22-25-28-31-34-36-37-39-41-44-47-50-53-56-59-62-65-68-74(77)80-71-72(70-79-73(76)67-64-61-58-55-52-49-46-43-40-33-30-27-24-21-18-15-12-9-6-3)81-75(78)69-66-63-60-57-54-51-48-45-42-38-35-32-29-26-23-20-17-14-11-8-5-2/h7,10,16,19,25,27-28,30,32,34-36,39,41,47,50,72H,4-6,8-9,11-15,17-18,20-24,26,29,31,33,37-38,40,42-46,48-49,51-71H2,1-3H3/b10-7-,19-16-,28-25-,30-27-,35-32-,36-34-,41-39-,50-47-. The number of carbonyl (C=O) groups excluding carboxylic acids is 3. The number of esters is 3. The SMILES string of the molecule is CC/C=C\C/C=C\C/C=C\C/C=C\C/C=C\C/C=C\CCCCCCC(=O)OCC(COC(=O)CCCCCCCCCCC/C=C\CCCCCCCC)OC(=O)CCCCCCCCCCC/C=C\CCCCCCCCCC. The van der Waals surface area contributed by atoms with Crippen LogP contribution >= 0.6 is 0 Å². The lowest BCUT2D eigenvalue weighted by molar-refractivity contribution is -0.167. The molecule has 0 aromatic carbocycles. The highest BCUT2D eigenvalue weighted by molar-refractivity contribution is 5.71. The molecule has 1 unspecified atom stereocenters. The van der Waals surface area contributed by atoms with Gasteiger partial charge in [-0.15, -0.1) is 0 Å². The predicted molar refractivity (Wildman–Crippen MR) is 353 cm³/mol. The van der Waals surface area contributed by atoms with Crippen LogP contribution in [0.3, 0.4) is 0 Å². The lowest BCUT2D eigenvalue weighted by Gasteiger charge is -2.18. The van der Waals surface area contributed by atoms with Gasteiger partial charge in [-0.25, -0.2) is 0 Å². The van der Waals surface area contributed by atoms with Gasteiger partial charge < -0.3 is 14.2 Å². The van der Waals surface area contributed by atoms with Crippen molar-refractivity contribution in [1.29, 1.82) is 0 Å². The topological polar surface area (TPSA) is 78.9 Å². The monoisotopic (exact) mass is 1130 g/mol. The highest BCUT2D eigenvalue weighted by atomic mass is 16.6. The van der Waals surface area contributed by atoms with Crippen LogP contribution in [-0.4, -0.2) is 37.2 Å². The van der Waals surface area contributed by atoms with Crippen molar-refractivity contribution in [3.05, 3.63) is 97.2 Å². The van der Waals surface area contributed by atoms with E-state index in [1.165, 1.54) is 193 Å². The number of carbonyl (C=O) groups is 3. The minimum atomic E-state index is -0.793. The fourth-order valence-corrected chi connectivity index (χ4v) is 9.85. The zero-order valence-corrected chi connectivity index (χ0v) is 53.5. The van der Waals surface area contributed by atoms with Gasteiger partial charge in [0.05, 0.1) is 0 Å². The summed E-state index contributed by atoms with van der Waals surface area (Å²) in [5.74, 6) is -0.901. The molecule has 466 valence electrons. The molecular weight excluding hydrogens is 997 g/mol. The molecule has 0 heterocycles. The molecule has 1 atom stereocenters. The van der Waals surface area contributed by atoms with Crippen LogP contribution in [0.4, 0.5) is 0 Å². The molecule has 0 aliphatic heterocycles. The summed E-state index contributed by atoms with van der Waals surface area (Å²) >= 11 is 0. The normalized spacial score (nSPS) is 12.7. The molecule has 0 aliphatic rings. The summed E-state index contributed by atoms with van der Waals surface area (Å²) in [6.45, 7) is 6.54. The van der Waals surface area contributed by atoms with Crippen molar-refractivity contribution in [3.63, 3.8) is 0 Å². The Balaban J connectivity index is 4.43. The van der Waals surface area contributed by atoms with Crippen molar-refractivity contribution in [1.82, 2.24) is 0 Å². The maximum absolute atomic E-state index is 13.0. The Morgan fingerprint density at radius 3 is 0.765 bits per heavy atom. The van der Waals surface area contributed by atoms with Crippen LogP contribution in [-0.2, 0) is 28.6 Å². The Morgan fingerprint density at radius 2 is 0.481 bits per heavy atom. The number of rotatable bonds is 63. The average Bonchev–Trinajstić information content (AvgIpc) is 3.47. The van der Waals surface area contributed by atoms with E-state index < -0.39 is 6.10 Å². The van der Waals surface area contributed by atoms with Gasteiger partial charge >= 0.3 is 17.9 Å². The maximum Gasteiger partial charge on any atom is 0.306 e. The maximum atomic E-state index is 13.0. The Bertz CT molecular complexity index is 1580. The second-order valence-corrected chi connectivity index (χ2v) is 23.1. The van der Waals surface area contributed by atoms with Gasteiger partial charge in [-0.1, -0.05) is 298 Å². The summed E-state index contributed by atoms with van der Waals surface area (Å²) in [5.41, 5.74) is 0. The highest BCUT2D eigenvalue weighted by Gasteiger charge is 2.19. The van der Waals surface area contributed by atoms with Gasteiger partial charge in [-0.05, 0) is 122 Å². The lowest BCUT2D eigenvalue weighted by Crippen LogP contribution is -2.30. The van der Waals surface area contributed by atoms with E-state index in [1.54, 1.807) is 0 Å². The van der Waals surface area contributed by atoms with Crippen LogP contribution < -0.4 is 0 Å². The third kappa shape index (κ3) is 67.0. The first-order chi connectivity index (χ1) is 40.0. The molecular formula is C75H130O6. The Labute approximate surface area is 502 Å². The third-order valence-corrected chi connectivity index (χ3v) is 15.0. The largest absolute Gasteiger partial charge is 0.462 e. The van der Waals surface area contributed by atoms with Crippen molar-refractivity contribution in [2.24, 2.45) is 0 Å². The highest BCUT2D eigenvalue weighted by Crippen LogP contribution is 2.17. The summed E-state index contributed by atoms with van der Waals surface area (Å²) in [6.07, 6.45) is 92.7. The van der Waals surface area contributed by atoms with E-state index in [0.29, 0.717) is 19.3 Å². The Hall–Kier alpha value is -3.67. The quantitative estimate of drug-likeness (QED) is 0.0261. The van der Waals surface area contributed by atoms with Gasteiger partial charge in [0.15, 0.2) is 6.10 Å². The van der Waals surface area contributed by atoms with E-state index in [2.05, 4.69) is 118 Å². The number of allylic oxidation sites excluding steroid dienone is 16. The second kappa shape index (κ2) is 68.8. The molecule has 0 spiro atoms. The fourth-order valence-electron chi connectivity index (χ4n) is 9.85. The van der Waals surface area contributed by atoms with Crippen LogP contribution in [0, 0.1) is 0 Å². The van der Waals surface area contributed by atoms with Crippen molar-refractivity contribution < 1.29 is 28.6 Å². The zero-order chi connectivity index (χ0) is 58.5. The molecule has 0 N–H and O–H groups in total. The lowest BCUT2D eigenvalue weighted by atomic mass is 10.1. The van der Waals surface area contributed by atoms with Crippen molar-refractivity contribution in [3.8, 4) is 0 Å². The Kier molecular flexibility index (Phi) is 65.7. The summed E-state index contributed by atoms with van der Waals surface area (Å²) in [6, 6.07) is 0. The molecule has 0 aromatic rings. The zero-order valence-electron chi connectivity index (χ0n) is 53.5. The fraction of sp³-hybridized carbons (Fsp3) is 0.747. The van der Waals surface area contributed by atoms with Crippen LogP contribution in [0.25, 0.3) is 0 Å². The van der Waals surface area contributed by atoms with E-state index in [9.17, 15) is 14.4 Å². The first-order valence-corrected chi connectivity index (χ1v) is 34.7. The predicted octanol–water partition coefficient (Wildman–Crippen LogP) is 24.0. The summed E-state index contributed by atoms with van der Waals surface area (Å²) in [4.78, 5) is 38.5. The van der Waals surface area contributed by atoms with E-state index in [4.69, 9.17) is 14.2 Å². The van der Waals surface area contributed by atoms with E-state index in [1.807, 2.05) is 0 Å². The third-order valence-electron chi connectivity index (χ3n) is 15.0. The van der Waals surface area contributed by atoms with Crippen molar-refractivity contribution >= 4 is 17.9 Å². The Morgan fingerprint density at radius 1 is 0.259 bits per heavy atom. The van der Waals surface area contributed by atoms with Crippen LogP contribution in [0.2, 0.25) is 0 Å². The van der Waals surface area contributed by atoms with Gasteiger partial charge in [-0.3, -0.25) is 14.4 Å². The van der Waals surface area contributed by atoms with Gasteiger partial charge in [0, 0.05) is 19.3 Å². The van der Waals surface area contributed by atoms with E-state index in [0.717, 1.165) is 109 Å². The second-order valence-electron chi connectivity index (χ2n) is 23.1. The molecule has 0 aliphatic carbocycles. The number of ether oxygens (including phenoxy) is 3. The molecule has 81 heavy (non-hydrogen) atoms. The summed E-state index contributed by atoms with van der Waals surface area (Å²) in [5, 5.41) is 0. The van der Waals surface area contributed by atoms with Gasteiger partial charge in [0.2, 0.25) is 0 Å². The number of hydrogen-bond donors (Lipinski definition) is 0. The van der Waals surface area contributed by atoms with Crippen LogP contribution in [0.5, 0.6) is 0 Å². The molecule has 0 rings (SSSR count). The average molecular weight is 1130 g/mol. The minimum Gasteiger partial charge on any atom is -0.462 e. The van der Waals surface area contributed by atoms with Crippen LogP contribution in [0.1, 0.15) is 342 Å². The first-order valence-electron chi connectivity index (χ1n) is 34.7. The summed E-state index contributed by atoms with van der Waals surface area (Å²) < 4.78 is 17.0. The molecule has 6 heteroatoms. The van der Waals surface area contributed by atoms with E-state index in [-0.39, 0.29) is 31.1 Å². The molecule has 6 nitrogen and oxygen atoms in total. The number of unbranched alkanes of at least 4 members (excludes halogenated alkanes) is 36. The molecule has 0 saturated heterocycles. The summed E-state index contributed by atoms with van der Waals surface area (Å²) in [7, 11) is 0. The first kappa shape index (κ1) is 77.3. The van der Waals surface area contributed by atoms with Gasteiger partial charge in [0.1, 0.15) is 13.2 Å². The van der Waals surface area contributed by atoms with Crippen molar-refractivity contribution in [2.75, 3.05) is 13.2 Å². The van der Waals surface area contributed by atoms with Crippen molar-refractivity contribution in [2.45, 2.75) is 348 Å². The smallest absolute Gasteiger partial charge is 0.306 e. The molecule has 0 radical (unpaired) electrons.